The standard InChI is InChI=1S/C30H34OSi/c1-21(2)32(22(3)4,25-17-15-24(31-5)16-18-25)20-27-26-13-9-10-14-28(26)30(19-29(27)30)23-11-7-6-8-12-23/h6-18,20-22,29H,19H2,1-5H3/b27-20-/t29-,30-/m1/s1. The fourth-order valence-corrected chi connectivity index (χ4v) is 11.6. The van der Waals surface area contributed by atoms with E-state index in [0.717, 1.165) is 5.75 Å². The van der Waals surface area contributed by atoms with Gasteiger partial charge in [0, 0.05) is 5.41 Å². The Kier molecular flexibility index (Phi) is 5.17. The zero-order chi connectivity index (χ0) is 22.5. The van der Waals surface area contributed by atoms with Crippen molar-refractivity contribution >= 4 is 18.8 Å². The molecule has 0 heterocycles. The zero-order valence-corrected chi connectivity index (χ0v) is 20.9. The van der Waals surface area contributed by atoms with Gasteiger partial charge in [0.1, 0.15) is 13.8 Å². The normalized spacial score (nSPS) is 22.8. The minimum Gasteiger partial charge on any atom is -0.497 e. The van der Waals surface area contributed by atoms with Gasteiger partial charge >= 0.3 is 0 Å². The van der Waals surface area contributed by atoms with Gasteiger partial charge in [0.15, 0.2) is 0 Å². The lowest BCUT2D eigenvalue weighted by Crippen LogP contribution is -2.52. The minimum absolute atomic E-state index is 0.178. The van der Waals surface area contributed by atoms with E-state index in [1.165, 1.54) is 28.3 Å². The SMILES string of the molecule is COc1ccc([Si](/C=C2/c3ccccc3[C@]3(c4ccccc4)C[C@H]23)(C(C)C)C(C)C)cc1. The van der Waals surface area contributed by atoms with Crippen LogP contribution in [0.25, 0.3) is 5.57 Å². The van der Waals surface area contributed by atoms with Gasteiger partial charge < -0.3 is 4.74 Å². The van der Waals surface area contributed by atoms with Gasteiger partial charge in [-0.1, -0.05) is 105 Å². The molecule has 3 aromatic rings. The second kappa shape index (κ2) is 7.77. The van der Waals surface area contributed by atoms with Crippen LogP contribution in [0.5, 0.6) is 5.75 Å². The molecular formula is C30H34OSi. The van der Waals surface area contributed by atoms with Crippen molar-refractivity contribution in [2.75, 3.05) is 7.11 Å². The van der Waals surface area contributed by atoms with E-state index in [9.17, 15) is 0 Å². The van der Waals surface area contributed by atoms with Crippen molar-refractivity contribution in [3.05, 3.63) is 101 Å². The highest BCUT2D eigenvalue weighted by Gasteiger charge is 2.63. The Morgan fingerprint density at radius 2 is 1.47 bits per heavy atom. The summed E-state index contributed by atoms with van der Waals surface area (Å²) in [6.45, 7) is 9.74. The van der Waals surface area contributed by atoms with Gasteiger partial charge in [0.2, 0.25) is 0 Å². The summed E-state index contributed by atoms with van der Waals surface area (Å²) in [5.74, 6) is 1.54. The van der Waals surface area contributed by atoms with E-state index in [1.54, 1.807) is 12.7 Å². The summed E-state index contributed by atoms with van der Waals surface area (Å²) in [7, 11) is -0.214. The van der Waals surface area contributed by atoms with Crippen LogP contribution in [-0.2, 0) is 5.41 Å². The van der Waals surface area contributed by atoms with E-state index in [0.29, 0.717) is 17.0 Å². The van der Waals surface area contributed by atoms with E-state index in [-0.39, 0.29) is 5.41 Å². The molecule has 0 radical (unpaired) electrons. The first-order valence-electron chi connectivity index (χ1n) is 12.0. The van der Waals surface area contributed by atoms with E-state index < -0.39 is 8.07 Å². The summed E-state index contributed by atoms with van der Waals surface area (Å²) >= 11 is 0. The molecule has 2 heteroatoms. The van der Waals surface area contributed by atoms with E-state index in [4.69, 9.17) is 4.74 Å². The van der Waals surface area contributed by atoms with Crippen LogP contribution in [0.2, 0.25) is 11.1 Å². The minimum atomic E-state index is -1.96. The molecule has 0 aromatic heterocycles. The maximum absolute atomic E-state index is 5.47. The first kappa shape index (κ1) is 21.3. The first-order valence-corrected chi connectivity index (χ1v) is 14.2. The van der Waals surface area contributed by atoms with Gasteiger partial charge in [-0.2, -0.15) is 0 Å². The van der Waals surface area contributed by atoms with Crippen molar-refractivity contribution in [1.29, 1.82) is 0 Å². The Labute approximate surface area is 194 Å². The Morgan fingerprint density at radius 3 is 2.09 bits per heavy atom. The number of ether oxygens (including phenoxy) is 1. The van der Waals surface area contributed by atoms with Crippen molar-refractivity contribution in [3.63, 3.8) is 0 Å². The largest absolute Gasteiger partial charge is 0.497 e. The number of hydrogen-bond acceptors (Lipinski definition) is 1. The number of hydrogen-bond donors (Lipinski definition) is 0. The van der Waals surface area contributed by atoms with Crippen LogP contribution in [-0.4, -0.2) is 15.2 Å². The Balaban J connectivity index is 1.70. The molecule has 0 spiro atoms. The quantitative estimate of drug-likeness (QED) is 0.373. The fraction of sp³-hybridized carbons (Fsp3) is 0.333. The predicted octanol–water partition coefficient (Wildman–Crippen LogP) is 7.11. The number of allylic oxidation sites excluding steroid dienone is 1. The van der Waals surface area contributed by atoms with E-state index in [1.807, 2.05) is 0 Å². The van der Waals surface area contributed by atoms with Crippen molar-refractivity contribution < 1.29 is 4.74 Å². The lowest BCUT2D eigenvalue weighted by molar-refractivity contribution is 0.415. The molecule has 1 saturated carbocycles. The van der Waals surface area contributed by atoms with Crippen LogP contribution in [0.4, 0.5) is 0 Å². The van der Waals surface area contributed by atoms with Crippen LogP contribution >= 0.6 is 0 Å². The second-order valence-corrected chi connectivity index (χ2v) is 15.3. The summed E-state index contributed by atoms with van der Waals surface area (Å²) in [6, 6.07) is 29.3. The Morgan fingerprint density at radius 1 is 0.844 bits per heavy atom. The van der Waals surface area contributed by atoms with Gasteiger partial charge in [0.25, 0.3) is 0 Å². The third kappa shape index (κ3) is 2.96. The molecule has 3 aromatic carbocycles. The van der Waals surface area contributed by atoms with Gasteiger partial charge in [0.05, 0.1) is 7.11 Å². The molecule has 32 heavy (non-hydrogen) atoms. The second-order valence-electron chi connectivity index (χ2n) is 10.2. The van der Waals surface area contributed by atoms with Crippen molar-refractivity contribution in [2.24, 2.45) is 5.92 Å². The molecule has 164 valence electrons. The monoisotopic (exact) mass is 438 g/mol. The van der Waals surface area contributed by atoms with E-state index in [2.05, 4.69) is 112 Å². The molecule has 0 bridgehead atoms. The molecule has 0 amide bonds. The van der Waals surface area contributed by atoms with Crippen molar-refractivity contribution in [3.8, 4) is 5.75 Å². The molecule has 1 fully saturated rings. The lowest BCUT2D eigenvalue weighted by Gasteiger charge is -2.38. The summed E-state index contributed by atoms with van der Waals surface area (Å²) in [6.07, 6.45) is 1.24. The number of rotatable bonds is 6. The highest BCUT2D eigenvalue weighted by Crippen LogP contribution is 2.70. The molecule has 0 unspecified atom stereocenters. The molecule has 2 aliphatic rings. The number of benzene rings is 3. The highest BCUT2D eigenvalue weighted by molar-refractivity contribution is 6.98. The molecule has 1 nitrogen and oxygen atoms in total. The molecule has 2 atom stereocenters. The molecule has 0 N–H and O–H groups in total. The van der Waals surface area contributed by atoms with Crippen LogP contribution < -0.4 is 9.92 Å². The highest BCUT2D eigenvalue weighted by atomic mass is 28.3. The smallest absolute Gasteiger partial charge is 0.118 e. The molecular weight excluding hydrogens is 404 g/mol. The van der Waals surface area contributed by atoms with Gasteiger partial charge in [-0.3, -0.25) is 0 Å². The average molecular weight is 439 g/mol. The van der Waals surface area contributed by atoms with Crippen LogP contribution in [0, 0.1) is 5.92 Å². The lowest BCUT2D eigenvalue weighted by atomic mass is 9.88. The van der Waals surface area contributed by atoms with Crippen LogP contribution in [0.15, 0.2) is 84.6 Å². The van der Waals surface area contributed by atoms with Gasteiger partial charge in [-0.25, -0.2) is 0 Å². The Bertz CT molecular complexity index is 1130. The van der Waals surface area contributed by atoms with Crippen molar-refractivity contribution in [2.45, 2.75) is 50.6 Å². The first-order chi connectivity index (χ1) is 15.4. The molecule has 2 aliphatic carbocycles. The van der Waals surface area contributed by atoms with Gasteiger partial charge in [-0.05, 0) is 57.8 Å². The van der Waals surface area contributed by atoms with Crippen LogP contribution in [0.3, 0.4) is 0 Å². The van der Waals surface area contributed by atoms with Crippen molar-refractivity contribution in [1.82, 2.24) is 0 Å². The average Bonchev–Trinajstić information content (AvgIpc) is 3.51. The summed E-state index contributed by atoms with van der Waals surface area (Å²) < 4.78 is 5.47. The Hall–Kier alpha value is -2.58. The fourth-order valence-electron chi connectivity index (χ4n) is 6.52. The molecule has 5 rings (SSSR count). The maximum Gasteiger partial charge on any atom is 0.118 e. The zero-order valence-electron chi connectivity index (χ0n) is 19.9. The molecule has 0 aliphatic heterocycles. The van der Waals surface area contributed by atoms with E-state index >= 15 is 0 Å². The summed E-state index contributed by atoms with van der Waals surface area (Å²) in [5, 5.41) is 1.52. The summed E-state index contributed by atoms with van der Waals surface area (Å²) in [5.41, 5.74) is 10.3. The third-order valence-corrected chi connectivity index (χ3v) is 14.2. The van der Waals surface area contributed by atoms with Gasteiger partial charge in [-0.15, -0.1) is 0 Å². The third-order valence-electron chi connectivity index (χ3n) is 8.24. The predicted molar refractivity (Wildman–Crippen MR) is 138 cm³/mol. The number of methoxy groups -OCH3 is 1. The van der Waals surface area contributed by atoms with Crippen LogP contribution in [0.1, 0.15) is 50.8 Å². The molecule has 0 saturated heterocycles. The maximum atomic E-state index is 5.47. The topological polar surface area (TPSA) is 9.23 Å². The number of fused-ring (bicyclic) bond motifs is 3. The summed E-state index contributed by atoms with van der Waals surface area (Å²) in [4.78, 5) is 0.